The van der Waals surface area contributed by atoms with Crippen LogP contribution >= 0.6 is 0 Å². The summed E-state index contributed by atoms with van der Waals surface area (Å²) in [6.07, 6.45) is 5.74. The van der Waals surface area contributed by atoms with Crippen molar-refractivity contribution >= 4 is 23.9 Å². The predicted molar refractivity (Wildman–Crippen MR) is 93.0 cm³/mol. The molecule has 0 aliphatic rings. The summed E-state index contributed by atoms with van der Waals surface area (Å²) < 4.78 is 0. The van der Waals surface area contributed by atoms with E-state index in [2.05, 4.69) is 25.9 Å². The second-order valence-corrected chi connectivity index (χ2v) is 5.67. The molecular weight excluding hydrogens is 358 g/mol. The Morgan fingerprint density at radius 1 is 0.963 bits per heavy atom. The zero-order valence-corrected chi connectivity index (χ0v) is 14.7. The Balaban J connectivity index is 2.11. The summed E-state index contributed by atoms with van der Waals surface area (Å²) >= 11 is 0. The van der Waals surface area contributed by atoms with E-state index in [0.717, 1.165) is 6.42 Å². The quantitative estimate of drug-likeness (QED) is 0.315. The Morgan fingerprint density at radius 2 is 1.59 bits per heavy atom. The number of aliphatic carboxylic acids is 2. The molecule has 1 rings (SSSR count). The van der Waals surface area contributed by atoms with E-state index in [9.17, 15) is 19.2 Å². The molecule has 0 unspecified atom stereocenters. The van der Waals surface area contributed by atoms with E-state index >= 15 is 0 Å². The minimum Gasteiger partial charge on any atom is -0.481 e. The number of carboxylic acid groups (broad SMARTS) is 2. The molecule has 0 saturated carbocycles. The van der Waals surface area contributed by atoms with Crippen LogP contribution in [0.3, 0.4) is 0 Å². The fourth-order valence-electron chi connectivity index (χ4n) is 2.08. The lowest BCUT2D eigenvalue weighted by atomic mass is 10.1. The van der Waals surface area contributed by atoms with E-state index in [1.54, 1.807) is 0 Å². The number of unbranched alkanes of at least 4 members (excludes halogenated alkanes) is 2. The number of nitrogens with one attached hydrogen (secondary N) is 3. The molecule has 0 saturated heterocycles. The maximum atomic E-state index is 11.7. The number of amides is 3. The first-order valence-electron chi connectivity index (χ1n) is 8.42. The normalized spacial score (nSPS) is 11.3. The number of carboxylic acids is 2. The fourth-order valence-corrected chi connectivity index (χ4v) is 2.08. The number of nitrogens with zero attached hydrogens (tertiary/aromatic N) is 2. The van der Waals surface area contributed by atoms with E-state index in [-0.39, 0.29) is 18.7 Å². The van der Waals surface area contributed by atoms with Gasteiger partial charge < -0.3 is 26.2 Å². The molecule has 0 aliphatic carbocycles. The maximum absolute atomic E-state index is 11.7. The Bertz CT molecular complexity index is 639. The van der Waals surface area contributed by atoms with Gasteiger partial charge in [-0.05, 0) is 25.7 Å². The predicted octanol–water partition coefficient (Wildman–Crippen LogP) is -0.00610. The van der Waals surface area contributed by atoms with Crippen LogP contribution < -0.4 is 16.0 Å². The number of rotatable bonds is 12. The van der Waals surface area contributed by atoms with Crippen LogP contribution in [0.15, 0.2) is 18.7 Å². The number of urea groups is 1. The first-order valence-corrected chi connectivity index (χ1v) is 8.42. The summed E-state index contributed by atoms with van der Waals surface area (Å²) in [4.78, 5) is 52.3. The zero-order chi connectivity index (χ0) is 20.1. The van der Waals surface area contributed by atoms with Crippen molar-refractivity contribution in [3.63, 3.8) is 0 Å². The van der Waals surface area contributed by atoms with Crippen molar-refractivity contribution in [2.45, 2.75) is 38.1 Å². The highest BCUT2D eigenvalue weighted by atomic mass is 16.4. The summed E-state index contributed by atoms with van der Waals surface area (Å²) in [5.41, 5.74) is 0.381. The van der Waals surface area contributed by atoms with E-state index in [4.69, 9.17) is 10.2 Å². The van der Waals surface area contributed by atoms with Crippen LogP contribution in [0, 0.1) is 0 Å². The molecule has 0 radical (unpaired) electrons. The van der Waals surface area contributed by atoms with E-state index in [0.29, 0.717) is 31.5 Å². The van der Waals surface area contributed by atoms with Gasteiger partial charge in [0.25, 0.3) is 5.91 Å². The van der Waals surface area contributed by atoms with Crippen molar-refractivity contribution in [2.24, 2.45) is 0 Å². The van der Waals surface area contributed by atoms with Crippen molar-refractivity contribution in [3.8, 4) is 0 Å². The molecule has 1 heterocycles. The number of hydrogen-bond acceptors (Lipinski definition) is 6. The summed E-state index contributed by atoms with van der Waals surface area (Å²) in [5, 5.41) is 25.0. The minimum atomic E-state index is -1.29. The highest BCUT2D eigenvalue weighted by Crippen LogP contribution is 1.99. The molecule has 11 nitrogen and oxygen atoms in total. The lowest BCUT2D eigenvalue weighted by Gasteiger charge is -2.14. The molecule has 0 spiro atoms. The van der Waals surface area contributed by atoms with Crippen molar-refractivity contribution in [1.29, 1.82) is 0 Å². The molecule has 11 heteroatoms. The van der Waals surface area contributed by atoms with Crippen molar-refractivity contribution in [2.75, 3.05) is 13.1 Å². The third kappa shape index (κ3) is 9.72. The Morgan fingerprint density at radius 3 is 2.19 bits per heavy atom. The molecule has 1 atom stereocenters. The van der Waals surface area contributed by atoms with Crippen molar-refractivity contribution < 1.29 is 29.4 Å². The molecule has 3 amide bonds. The van der Waals surface area contributed by atoms with Gasteiger partial charge in [0, 0.05) is 31.9 Å². The van der Waals surface area contributed by atoms with E-state index < -0.39 is 24.0 Å². The molecule has 1 aromatic rings. The monoisotopic (exact) mass is 381 g/mol. The second-order valence-electron chi connectivity index (χ2n) is 5.67. The Hall–Kier alpha value is -3.24. The lowest BCUT2D eigenvalue weighted by molar-refractivity contribution is -0.140. The first-order chi connectivity index (χ1) is 12.9. The Labute approximate surface area is 155 Å². The molecular formula is C16H23N5O6. The summed E-state index contributed by atoms with van der Waals surface area (Å²) in [7, 11) is 0. The van der Waals surface area contributed by atoms with Crippen molar-refractivity contribution in [1.82, 2.24) is 25.9 Å². The average Bonchev–Trinajstić information content (AvgIpc) is 2.64. The number of carbonyl (C=O) groups is 4. The molecule has 1 aromatic heterocycles. The third-order valence-electron chi connectivity index (χ3n) is 3.50. The zero-order valence-electron chi connectivity index (χ0n) is 14.7. The second kappa shape index (κ2) is 12.2. The smallest absolute Gasteiger partial charge is 0.326 e. The van der Waals surface area contributed by atoms with Crippen LogP contribution in [0.25, 0.3) is 0 Å². The molecule has 0 fully saturated rings. The first kappa shape index (κ1) is 21.8. The summed E-state index contributed by atoms with van der Waals surface area (Å²) in [6, 6.07) is -1.91. The number of hydrogen-bond donors (Lipinski definition) is 5. The van der Waals surface area contributed by atoms with Crippen LogP contribution in [-0.4, -0.2) is 63.2 Å². The lowest BCUT2D eigenvalue weighted by Crippen LogP contribution is -2.46. The number of carbonyl (C=O) groups excluding carboxylic acids is 2. The van der Waals surface area contributed by atoms with Gasteiger partial charge in [-0.3, -0.25) is 9.59 Å². The molecule has 0 bridgehead atoms. The standard InChI is InChI=1S/C16H23N5O6/c22-13(23)5-4-12(15(25)26)21-16(27)20-7-3-1-2-6-19-14(24)11-8-17-10-18-9-11/h8-10,12H,1-7H2,(H,19,24)(H,22,23)(H,25,26)(H2,20,21,27)/t12-/m0/s1. The van der Waals surface area contributed by atoms with E-state index in [1.165, 1.54) is 18.7 Å². The molecule has 27 heavy (non-hydrogen) atoms. The maximum Gasteiger partial charge on any atom is 0.326 e. The van der Waals surface area contributed by atoms with E-state index in [1.807, 2.05) is 0 Å². The topological polar surface area (TPSA) is 171 Å². The van der Waals surface area contributed by atoms with Gasteiger partial charge in [-0.25, -0.2) is 19.6 Å². The molecule has 5 N–H and O–H groups in total. The van der Waals surface area contributed by atoms with Gasteiger partial charge in [0.1, 0.15) is 12.4 Å². The highest BCUT2D eigenvalue weighted by molar-refractivity contribution is 5.93. The fraction of sp³-hybridized carbons (Fsp3) is 0.500. The average molecular weight is 381 g/mol. The van der Waals surface area contributed by atoms with Crippen LogP contribution in [0.4, 0.5) is 4.79 Å². The van der Waals surface area contributed by atoms with Gasteiger partial charge in [-0.2, -0.15) is 0 Å². The van der Waals surface area contributed by atoms with Crippen LogP contribution in [0.2, 0.25) is 0 Å². The summed E-state index contributed by atoms with van der Waals surface area (Å²) in [6.45, 7) is 0.799. The minimum absolute atomic E-state index is 0.190. The van der Waals surface area contributed by atoms with Crippen LogP contribution in [-0.2, 0) is 9.59 Å². The van der Waals surface area contributed by atoms with Gasteiger partial charge in [0.2, 0.25) is 0 Å². The van der Waals surface area contributed by atoms with Crippen LogP contribution in [0.5, 0.6) is 0 Å². The molecule has 0 aromatic carbocycles. The largest absolute Gasteiger partial charge is 0.481 e. The summed E-state index contributed by atoms with van der Waals surface area (Å²) in [5.74, 6) is -2.67. The molecule has 0 aliphatic heterocycles. The van der Waals surface area contributed by atoms with Crippen molar-refractivity contribution in [3.05, 3.63) is 24.3 Å². The van der Waals surface area contributed by atoms with Crippen LogP contribution in [0.1, 0.15) is 42.5 Å². The van der Waals surface area contributed by atoms with Gasteiger partial charge in [-0.15, -0.1) is 0 Å². The number of aromatic nitrogens is 2. The van der Waals surface area contributed by atoms with Gasteiger partial charge >= 0.3 is 18.0 Å². The highest BCUT2D eigenvalue weighted by Gasteiger charge is 2.20. The SMILES string of the molecule is O=C(O)CC[C@H](NC(=O)NCCCCCNC(=O)c1cncnc1)C(=O)O. The Kier molecular flexibility index (Phi) is 9.83. The van der Waals surface area contributed by atoms with Gasteiger partial charge in [0.05, 0.1) is 5.56 Å². The molecule has 148 valence electrons. The van der Waals surface area contributed by atoms with Gasteiger partial charge in [-0.1, -0.05) is 0 Å². The third-order valence-corrected chi connectivity index (χ3v) is 3.50. The van der Waals surface area contributed by atoms with Gasteiger partial charge in [0.15, 0.2) is 0 Å².